The number of rotatable bonds is 5. The van der Waals surface area contributed by atoms with E-state index >= 15 is 0 Å². The molecule has 7 heteroatoms. The minimum absolute atomic E-state index is 0.0639. The van der Waals surface area contributed by atoms with Crippen LogP contribution in [0.15, 0.2) is 22.9 Å². The average molecular weight is 336 g/mol. The lowest BCUT2D eigenvalue weighted by atomic mass is 10.1. The van der Waals surface area contributed by atoms with Gasteiger partial charge in [0.15, 0.2) is 9.84 Å². The van der Waals surface area contributed by atoms with Crippen LogP contribution in [-0.2, 0) is 34.2 Å². The summed E-state index contributed by atoms with van der Waals surface area (Å²) in [7, 11) is -1.80. The van der Waals surface area contributed by atoms with Gasteiger partial charge in [0.1, 0.15) is 11.5 Å². The van der Waals surface area contributed by atoms with Gasteiger partial charge in [-0.1, -0.05) is 17.6 Å². The predicted molar refractivity (Wildman–Crippen MR) is 84.9 cm³/mol. The van der Waals surface area contributed by atoms with Gasteiger partial charge in [0.05, 0.1) is 18.6 Å². The summed E-state index contributed by atoms with van der Waals surface area (Å²) in [6.45, 7) is 0. The van der Waals surface area contributed by atoms with Gasteiger partial charge in [-0.15, -0.1) is 0 Å². The molecule has 0 amide bonds. The molecule has 0 atom stereocenters. The molecule has 0 aliphatic heterocycles. The predicted octanol–water partition coefficient (Wildman–Crippen LogP) is 2.46. The molecule has 0 unspecified atom stereocenters. The highest BCUT2D eigenvalue weighted by molar-refractivity contribution is 7.89. The molecule has 6 nitrogen and oxygen atoms in total. The smallest absolute Gasteiger partial charge is 0.212 e. The van der Waals surface area contributed by atoms with Crippen LogP contribution in [0.3, 0.4) is 0 Å². The van der Waals surface area contributed by atoms with Crippen molar-refractivity contribution in [2.45, 2.75) is 43.6 Å². The van der Waals surface area contributed by atoms with Crippen LogP contribution in [-0.4, -0.2) is 25.7 Å². The quantitative estimate of drug-likeness (QED) is 0.780. The zero-order valence-corrected chi connectivity index (χ0v) is 13.9. The van der Waals surface area contributed by atoms with E-state index in [2.05, 4.69) is 10.1 Å². The first-order chi connectivity index (χ1) is 11.1. The maximum atomic E-state index is 12.5. The Bertz CT molecular complexity index is 766. The summed E-state index contributed by atoms with van der Waals surface area (Å²) in [4.78, 5) is 4.04. The number of sulfone groups is 1. The molecule has 124 valence electrons. The molecule has 3 rings (SSSR count). The summed E-state index contributed by atoms with van der Waals surface area (Å²) >= 11 is 0. The Balaban J connectivity index is 1.74. The lowest BCUT2D eigenvalue weighted by Gasteiger charge is -2.05. The van der Waals surface area contributed by atoms with Crippen molar-refractivity contribution in [1.29, 1.82) is 0 Å². The number of aryl methyl sites for hydroxylation is 1. The largest absolute Gasteiger partial charge is 0.481 e. The third-order valence-electron chi connectivity index (χ3n) is 4.03. The van der Waals surface area contributed by atoms with Crippen LogP contribution in [0, 0.1) is 0 Å². The van der Waals surface area contributed by atoms with E-state index in [9.17, 15) is 8.42 Å². The fraction of sp³-hybridized carbons (Fsp3) is 0.500. The van der Waals surface area contributed by atoms with Gasteiger partial charge >= 0.3 is 0 Å². The lowest BCUT2D eigenvalue weighted by Crippen LogP contribution is -2.10. The highest BCUT2D eigenvalue weighted by atomic mass is 32.2. The van der Waals surface area contributed by atoms with E-state index in [4.69, 9.17) is 9.26 Å². The summed E-state index contributed by atoms with van der Waals surface area (Å²) < 4.78 is 35.2. The van der Waals surface area contributed by atoms with Crippen molar-refractivity contribution in [2.24, 2.45) is 0 Å². The van der Waals surface area contributed by atoms with Crippen LogP contribution < -0.4 is 4.74 Å². The third kappa shape index (κ3) is 3.90. The SMILES string of the molecule is COc1ccc(CS(=O)(=O)Cc2noc3c2CCCCC3)cn1. The van der Waals surface area contributed by atoms with E-state index in [1.165, 1.54) is 13.3 Å². The molecule has 0 N–H and O–H groups in total. The first-order valence-corrected chi connectivity index (χ1v) is 9.55. The molecule has 2 aromatic heterocycles. The molecule has 0 saturated carbocycles. The second-order valence-corrected chi connectivity index (χ2v) is 7.90. The molecule has 2 heterocycles. The van der Waals surface area contributed by atoms with Gasteiger partial charge < -0.3 is 9.26 Å². The minimum atomic E-state index is -3.33. The van der Waals surface area contributed by atoms with Crippen molar-refractivity contribution in [2.75, 3.05) is 7.11 Å². The van der Waals surface area contributed by atoms with Crippen molar-refractivity contribution in [3.63, 3.8) is 0 Å². The van der Waals surface area contributed by atoms with Gasteiger partial charge in [-0.3, -0.25) is 0 Å². The molecule has 0 bridgehead atoms. The number of hydrogen-bond donors (Lipinski definition) is 0. The second kappa shape index (κ2) is 6.70. The first kappa shape index (κ1) is 16.0. The Morgan fingerprint density at radius 1 is 1.17 bits per heavy atom. The number of nitrogens with zero attached hydrogens (tertiary/aromatic N) is 2. The van der Waals surface area contributed by atoms with E-state index in [1.807, 2.05) is 0 Å². The molecule has 23 heavy (non-hydrogen) atoms. The Kier molecular flexibility index (Phi) is 4.66. The van der Waals surface area contributed by atoms with Crippen molar-refractivity contribution >= 4 is 9.84 Å². The number of hydrogen-bond acceptors (Lipinski definition) is 6. The Morgan fingerprint density at radius 2 is 2.00 bits per heavy atom. The molecule has 0 spiro atoms. The summed E-state index contributed by atoms with van der Waals surface area (Å²) in [5.41, 5.74) is 2.21. The molecule has 0 fully saturated rings. The molecule has 1 aliphatic carbocycles. The maximum Gasteiger partial charge on any atom is 0.212 e. The van der Waals surface area contributed by atoms with Crippen LogP contribution >= 0.6 is 0 Å². The van der Waals surface area contributed by atoms with E-state index in [-0.39, 0.29) is 11.5 Å². The van der Waals surface area contributed by atoms with E-state index < -0.39 is 9.84 Å². The lowest BCUT2D eigenvalue weighted by molar-refractivity contribution is 0.376. The van der Waals surface area contributed by atoms with Gasteiger partial charge in [0.25, 0.3) is 0 Å². The standard InChI is InChI=1S/C16H20N2O4S/c1-21-16-8-7-12(9-17-16)10-23(19,20)11-14-13-5-3-2-4-6-15(13)22-18-14/h7-9H,2-6,10-11H2,1H3. The average Bonchev–Trinajstić information content (AvgIpc) is 2.75. The minimum Gasteiger partial charge on any atom is -0.481 e. The highest BCUT2D eigenvalue weighted by Crippen LogP contribution is 2.25. The van der Waals surface area contributed by atoms with E-state index in [0.717, 1.165) is 43.4 Å². The van der Waals surface area contributed by atoms with Gasteiger partial charge in [-0.25, -0.2) is 13.4 Å². The molecule has 0 aromatic carbocycles. The fourth-order valence-corrected chi connectivity index (χ4v) is 4.29. The van der Waals surface area contributed by atoms with Crippen LogP contribution in [0.25, 0.3) is 0 Å². The summed E-state index contributed by atoms with van der Waals surface area (Å²) in [5, 5.41) is 4.00. The van der Waals surface area contributed by atoms with Gasteiger partial charge in [0, 0.05) is 24.2 Å². The molecule has 1 aliphatic rings. The van der Waals surface area contributed by atoms with Crippen LogP contribution in [0.5, 0.6) is 5.88 Å². The van der Waals surface area contributed by atoms with E-state index in [0.29, 0.717) is 17.1 Å². The Labute approximate surface area is 135 Å². The van der Waals surface area contributed by atoms with Gasteiger partial charge in [-0.2, -0.15) is 0 Å². The zero-order valence-electron chi connectivity index (χ0n) is 13.1. The summed E-state index contributed by atoms with van der Waals surface area (Å²) in [6, 6.07) is 3.37. The molecule has 0 radical (unpaired) electrons. The maximum absolute atomic E-state index is 12.5. The Morgan fingerprint density at radius 3 is 2.74 bits per heavy atom. The fourth-order valence-electron chi connectivity index (χ4n) is 2.87. The zero-order chi connectivity index (χ0) is 16.3. The third-order valence-corrected chi connectivity index (χ3v) is 5.52. The van der Waals surface area contributed by atoms with Crippen LogP contribution in [0.1, 0.15) is 41.8 Å². The van der Waals surface area contributed by atoms with Crippen LogP contribution in [0.2, 0.25) is 0 Å². The number of aromatic nitrogens is 2. The molecule has 2 aromatic rings. The highest BCUT2D eigenvalue weighted by Gasteiger charge is 2.23. The van der Waals surface area contributed by atoms with E-state index in [1.54, 1.807) is 12.1 Å². The van der Waals surface area contributed by atoms with Crippen molar-refractivity contribution in [3.8, 4) is 5.88 Å². The number of pyridine rings is 1. The number of ether oxygens (including phenoxy) is 1. The summed E-state index contributed by atoms with van der Waals surface area (Å²) in [5.74, 6) is 1.18. The van der Waals surface area contributed by atoms with Crippen molar-refractivity contribution < 1.29 is 17.7 Å². The number of fused-ring (bicyclic) bond motifs is 1. The first-order valence-electron chi connectivity index (χ1n) is 7.73. The monoisotopic (exact) mass is 336 g/mol. The van der Waals surface area contributed by atoms with Crippen molar-refractivity contribution in [3.05, 3.63) is 40.9 Å². The molecule has 0 saturated heterocycles. The topological polar surface area (TPSA) is 82.3 Å². The van der Waals surface area contributed by atoms with Crippen molar-refractivity contribution in [1.82, 2.24) is 10.1 Å². The normalized spacial score (nSPS) is 15.0. The van der Waals surface area contributed by atoms with Crippen LogP contribution in [0.4, 0.5) is 0 Å². The Hall–Kier alpha value is -1.89. The summed E-state index contributed by atoms with van der Waals surface area (Å²) in [6.07, 6.45) is 6.52. The molecular weight excluding hydrogens is 316 g/mol. The van der Waals surface area contributed by atoms with Gasteiger partial charge in [-0.05, 0) is 24.8 Å². The second-order valence-electron chi connectivity index (χ2n) is 5.83. The molecular formula is C16H20N2O4S. The van der Waals surface area contributed by atoms with Gasteiger partial charge in [0.2, 0.25) is 5.88 Å². The number of methoxy groups -OCH3 is 1.